The summed E-state index contributed by atoms with van der Waals surface area (Å²) in [5.74, 6) is -0.825. The Bertz CT molecular complexity index is 546. The number of para-hydroxylation sites is 1. The first-order valence-electron chi connectivity index (χ1n) is 6.16. The van der Waals surface area contributed by atoms with Gasteiger partial charge < -0.3 is 26.2 Å². The van der Waals surface area contributed by atoms with Gasteiger partial charge in [-0.15, -0.1) is 0 Å². The average Bonchev–Trinajstić information content (AvgIpc) is 2.80. The van der Waals surface area contributed by atoms with Crippen LogP contribution in [0.3, 0.4) is 0 Å². The van der Waals surface area contributed by atoms with Crippen molar-refractivity contribution in [2.75, 3.05) is 19.4 Å². The number of carbonyl (C=O) groups is 2. The Morgan fingerprint density at radius 3 is 2.75 bits per heavy atom. The number of hydrogen-bond donors (Lipinski definition) is 3. The van der Waals surface area contributed by atoms with Crippen LogP contribution in [0.25, 0.3) is 0 Å². The number of anilines is 1. The highest BCUT2D eigenvalue weighted by Gasteiger charge is 2.38. The number of rotatable bonds is 3. The van der Waals surface area contributed by atoms with Crippen LogP contribution in [0.5, 0.6) is 5.75 Å². The van der Waals surface area contributed by atoms with E-state index in [9.17, 15) is 14.7 Å². The standard InChI is InChI=1S/C13H17N3O4/c1-20-11-8(3-2-4-9(11)14)13(19)16-6-7(17)5-10(16)12(15)18/h2-4,7,10,17H,5-6,14H2,1H3,(H2,15,18). The summed E-state index contributed by atoms with van der Waals surface area (Å²) in [6, 6.07) is 3.97. The van der Waals surface area contributed by atoms with Crippen molar-refractivity contribution in [3.63, 3.8) is 0 Å². The average molecular weight is 279 g/mol. The highest BCUT2D eigenvalue weighted by atomic mass is 16.5. The SMILES string of the molecule is COc1c(N)cccc1C(=O)N1CC(O)CC1C(N)=O. The maximum absolute atomic E-state index is 12.5. The van der Waals surface area contributed by atoms with Crippen LogP contribution in [0.2, 0.25) is 0 Å². The van der Waals surface area contributed by atoms with Gasteiger partial charge in [0.05, 0.1) is 24.5 Å². The van der Waals surface area contributed by atoms with Gasteiger partial charge >= 0.3 is 0 Å². The van der Waals surface area contributed by atoms with Gasteiger partial charge in [0, 0.05) is 13.0 Å². The number of nitrogens with two attached hydrogens (primary N) is 2. The number of benzene rings is 1. The molecule has 2 unspecified atom stereocenters. The molecule has 1 saturated heterocycles. The Balaban J connectivity index is 2.36. The number of carbonyl (C=O) groups excluding carboxylic acids is 2. The second-order valence-electron chi connectivity index (χ2n) is 4.69. The van der Waals surface area contributed by atoms with Crippen LogP contribution >= 0.6 is 0 Å². The number of ether oxygens (including phenoxy) is 1. The van der Waals surface area contributed by atoms with Gasteiger partial charge in [0.1, 0.15) is 6.04 Å². The van der Waals surface area contributed by atoms with E-state index in [0.717, 1.165) is 0 Å². The van der Waals surface area contributed by atoms with Crippen LogP contribution < -0.4 is 16.2 Å². The molecule has 2 rings (SSSR count). The van der Waals surface area contributed by atoms with Gasteiger partial charge in [0.2, 0.25) is 5.91 Å². The predicted molar refractivity (Wildman–Crippen MR) is 72.0 cm³/mol. The van der Waals surface area contributed by atoms with Crippen molar-refractivity contribution in [3.05, 3.63) is 23.8 Å². The minimum absolute atomic E-state index is 0.0599. The van der Waals surface area contributed by atoms with Gasteiger partial charge in [0.25, 0.3) is 5.91 Å². The van der Waals surface area contributed by atoms with Crippen molar-refractivity contribution in [1.29, 1.82) is 0 Å². The van der Waals surface area contributed by atoms with E-state index in [1.807, 2.05) is 0 Å². The number of nitrogens with zero attached hydrogens (tertiary/aromatic N) is 1. The van der Waals surface area contributed by atoms with Crippen LogP contribution in [-0.4, -0.2) is 47.6 Å². The van der Waals surface area contributed by atoms with E-state index in [1.54, 1.807) is 18.2 Å². The Hall–Kier alpha value is -2.28. The molecule has 1 aliphatic heterocycles. The fraction of sp³-hybridized carbons (Fsp3) is 0.385. The number of aliphatic hydroxyl groups is 1. The lowest BCUT2D eigenvalue weighted by atomic mass is 10.1. The number of β-amino-alcohol motifs (C(OH)–C–C–N with tert-alkyl or cyclic N) is 1. The summed E-state index contributed by atoms with van der Waals surface area (Å²) >= 11 is 0. The number of nitrogen functional groups attached to an aromatic ring is 1. The van der Waals surface area contributed by atoms with E-state index in [4.69, 9.17) is 16.2 Å². The van der Waals surface area contributed by atoms with Gasteiger partial charge in [-0.05, 0) is 12.1 Å². The fourth-order valence-electron chi connectivity index (χ4n) is 2.41. The summed E-state index contributed by atoms with van der Waals surface area (Å²) in [6.45, 7) is 0.0599. The van der Waals surface area contributed by atoms with E-state index in [-0.39, 0.29) is 24.3 Å². The maximum atomic E-state index is 12.5. The van der Waals surface area contributed by atoms with Crippen molar-refractivity contribution in [2.24, 2.45) is 5.73 Å². The lowest BCUT2D eigenvalue weighted by molar-refractivity contribution is -0.121. The lowest BCUT2D eigenvalue weighted by Gasteiger charge is -2.23. The molecule has 2 amide bonds. The molecule has 1 aliphatic rings. The molecule has 1 fully saturated rings. The summed E-state index contributed by atoms with van der Waals surface area (Å²) in [5.41, 5.74) is 11.6. The number of methoxy groups -OCH3 is 1. The van der Waals surface area contributed by atoms with Crippen molar-refractivity contribution >= 4 is 17.5 Å². The van der Waals surface area contributed by atoms with E-state index in [1.165, 1.54) is 12.0 Å². The zero-order valence-electron chi connectivity index (χ0n) is 11.1. The van der Waals surface area contributed by atoms with Crippen LogP contribution in [0.1, 0.15) is 16.8 Å². The molecule has 0 aromatic heterocycles. The monoisotopic (exact) mass is 279 g/mol. The summed E-state index contributed by atoms with van der Waals surface area (Å²) in [6.07, 6.45) is -0.616. The molecule has 7 heteroatoms. The first-order valence-corrected chi connectivity index (χ1v) is 6.16. The minimum Gasteiger partial charge on any atom is -0.494 e. The third kappa shape index (κ3) is 2.39. The molecule has 20 heavy (non-hydrogen) atoms. The zero-order chi connectivity index (χ0) is 14.9. The minimum atomic E-state index is -0.816. The third-order valence-corrected chi connectivity index (χ3v) is 3.35. The normalized spacial score (nSPS) is 21.8. The Labute approximate surface area is 116 Å². The van der Waals surface area contributed by atoms with Gasteiger partial charge in [-0.1, -0.05) is 6.07 Å². The Kier molecular flexibility index (Phi) is 3.80. The van der Waals surface area contributed by atoms with Gasteiger partial charge in [-0.2, -0.15) is 0 Å². The zero-order valence-corrected chi connectivity index (χ0v) is 11.1. The quantitative estimate of drug-likeness (QED) is 0.634. The number of amides is 2. The van der Waals surface area contributed by atoms with Gasteiger partial charge in [0.15, 0.2) is 5.75 Å². The molecule has 0 aliphatic carbocycles. The molecule has 0 bridgehead atoms. The van der Waals surface area contributed by atoms with E-state index in [2.05, 4.69) is 0 Å². The fourth-order valence-corrected chi connectivity index (χ4v) is 2.41. The topological polar surface area (TPSA) is 119 Å². The molecule has 1 heterocycles. The molecule has 5 N–H and O–H groups in total. The molecule has 0 radical (unpaired) electrons. The number of aliphatic hydroxyl groups excluding tert-OH is 1. The second kappa shape index (κ2) is 5.38. The van der Waals surface area contributed by atoms with Crippen LogP contribution in [0.4, 0.5) is 5.69 Å². The van der Waals surface area contributed by atoms with Crippen LogP contribution in [0.15, 0.2) is 18.2 Å². The predicted octanol–water partition coefficient (Wildman–Crippen LogP) is -0.662. The van der Waals surface area contributed by atoms with Crippen molar-refractivity contribution in [2.45, 2.75) is 18.6 Å². The highest BCUT2D eigenvalue weighted by Crippen LogP contribution is 2.29. The van der Waals surface area contributed by atoms with Gasteiger partial charge in [-0.3, -0.25) is 9.59 Å². The van der Waals surface area contributed by atoms with Gasteiger partial charge in [-0.25, -0.2) is 0 Å². The Morgan fingerprint density at radius 2 is 2.15 bits per heavy atom. The first kappa shape index (κ1) is 14.1. The molecular weight excluding hydrogens is 262 g/mol. The largest absolute Gasteiger partial charge is 0.494 e. The summed E-state index contributed by atoms with van der Waals surface area (Å²) in [7, 11) is 1.41. The molecule has 108 valence electrons. The first-order chi connectivity index (χ1) is 9.45. The molecule has 7 nitrogen and oxygen atoms in total. The van der Waals surface area contributed by atoms with Crippen LogP contribution in [0, 0.1) is 0 Å². The maximum Gasteiger partial charge on any atom is 0.258 e. The third-order valence-electron chi connectivity index (χ3n) is 3.35. The second-order valence-corrected chi connectivity index (χ2v) is 4.69. The number of likely N-dealkylation sites (tertiary alicyclic amines) is 1. The van der Waals surface area contributed by atoms with Crippen molar-refractivity contribution in [1.82, 2.24) is 4.90 Å². The smallest absolute Gasteiger partial charge is 0.258 e. The van der Waals surface area contributed by atoms with Crippen LogP contribution in [-0.2, 0) is 4.79 Å². The molecule has 1 aromatic rings. The van der Waals surface area contributed by atoms with Crippen molar-refractivity contribution < 1.29 is 19.4 Å². The molecule has 2 atom stereocenters. The summed E-state index contributed by atoms with van der Waals surface area (Å²) in [4.78, 5) is 25.1. The summed E-state index contributed by atoms with van der Waals surface area (Å²) < 4.78 is 5.13. The number of hydrogen-bond acceptors (Lipinski definition) is 5. The number of primary amides is 1. The summed E-state index contributed by atoms with van der Waals surface area (Å²) in [5, 5.41) is 9.64. The van der Waals surface area contributed by atoms with E-state index >= 15 is 0 Å². The lowest BCUT2D eigenvalue weighted by Crippen LogP contribution is -2.43. The molecular formula is C13H17N3O4. The Morgan fingerprint density at radius 1 is 1.45 bits per heavy atom. The molecule has 1 aromatic carbocycles. The van der Waals surface area contributed by atoms with Crippen molar-refractivity contribution in [3.8, 4) is 5.75 Å². The molecule has 0 spiro atoms. The highest BCUT2D eigenvalue weighted by molar-refractivity contribution is 6.01. The molecule has 0 saturated carbocycles. The van der Waals surface area contributed by atoms with E-state index in [0.29, 0.717) is 5.69 Å². The van der Waals surface area contributed by atoms with E-state index < -0.39 is 24.0 Å².